The summed E-state index contributed by atoms with van der Waals surface area (Å²) < 4.78 is 37.5. The highest BCUT2D eigenvalue weighted by atomic mass is 79.9. The van der Waals surface area contributed by atoms with Gasteiger partial charge in [0.2, 0.25) is 10.0 Å². The number of nitrogens with one attached hydrogen (secondary N) is 2. The Morgan fingerprint density at radius 2 is 1.97 bits per heavy atom. The molecule has 0 heterocycles. The number of hydrogen-bond donors (Lipinski definition) is 2. The van der Waals surface area contributed by atoms with Gasteiger partial charge in [0.25, 0.3) is 5.69 Å². The fourth-order valence-corrected chi connectivity index (χ4v) is 3.87. The van der Waals surface area contributed by atoms with E-state index >= 15 is 0 Å². The number of methoxy groups -OCH3 is 1. The number of carbonyl (C=O) groups is 1. The van der Waals surface area contributed by atoms with Gasteiger partial charge in [0, 0.05) is 13.1 Å². The molecule has 2 aromatic rings. The average molecular weight is 488 g/mol. The van der Waals surface area contributed by atoms with E-state index in [2.05, 4.69) is 26.0 Å². The van der Waals surface area contributed by atoms with Gasteiger partial charge in [0.05, 0.1) is 21.4 Å². The lowest BCUT2D eigenvalue weighted by atomic mass is 10.2. The number of nitro groups is 1. The predicted octanol–water partition coefficient (Wildman–Crippen LogP) is 2.43. The molecule has 0 spiro atoms. The monoisotopic (exact) mass is 487 g/mol. The molecule has 0 saturated heterocycles. The van der Waals surface area contributed by atoms with Crippen LogP contribution in [0.15, 0.2) is 45.8 Å². The Morgan fingerprint density at radius 1 is 1.24 bits per heavy atom. The molecule has 0 unspecified atom stereocenters. The molecule has 2 aromatic carbocycles. The zero-order chi connectivity index (χ0) is 21.6. The van der Waals surface area contributed by atoms with Gasteiger partial charge >= 0.3 is 5.97 Å². The molecule has 0 saturated carbocycles. The molecular weight excluding hydrogens is 470 g/mol. The summed E-state index contributed by atoms with van der Waals surface area (Å²) >= 11 is 3.31. The van der Waals surface area contributed by atoms with Crippen LogP contribution in [-0.4, -0.2) is 40.0 Å². The number of carbonyl (C=O) groups excluding carboxylic acids is 1. The topological polar surface area (TPSA) is 137 Å². The first-order valence-electron chi connectivity index (χ1n) is 8.12. The number of nitrogens with zero attached hydrogens (tertiary/aromatic N) is 1. The maximum absolute atomic E-state index is 12.3. The minimum absolute atomic E-state index is 0.0640. The third-order valence-electron chi connectivity index (χ3n) is 3.77. The number of halogens is 1. The van der Waals surface area contributed by atoms with E-state index in [4.69, 9.17) is 9.47 Å². The minimum atomic E-state index is -4.14. The van der Waals surface area contributed by atoms with Crippen LogP contribution in [0.25, 0.3) is 0 Å². The Kier molecular flexibility index (Phi) is 7.53. The summed E-state index contributed by atoms with van der Waals surface area (Å²) in [6, 6.07) is 8.47. The third-order valence-corrected chi connectivity index (χ3v) is 5.79. The second-order valence-electron chi connectivity index (χ2n) is 5.64. The lowest BCUT2D eigenvalue weighted by Gasteiger charge is -2.10. The number of hydrogen-bond acceptors (Lipinski definition) is 8. The summed E-state index contributed by atoms with van der Waals surface area (Å²) in [6.07, 6.45) is 0. The van der Waals surface area contributed by atoms with Crippen LogP contribution in [0.5, 0.6) is 5.75 Å². The van der Waals surface area contributed by atoms with Crippen molar-refractivity contribution in [3.05, 3.63) is 56.5 Å². The van der Waals surface area contributed by atoms with Gasteiger partial charge in [-0.25, -0.2) is 8.42 Å². The number of ether oxygens (including phenoxy) is 2. The molecule has 0 aliphatic carbocycles. The van der Waals surface area contributed by atoms with E-state index in [-0.39, 0.29) is 17.2 Å². The van der Waals surface area contributed by atoms with Gasteiger partial charge in [-0.15, -0.1) is 0 Å². The molecule has 10 nitrogen and oxygen atoms in total. The van der Waals surface area contributed by atoms with Crippen LogP contribution in [0.1, 0.15) is 5.56 Å². The highest BCUT2D eigenvalue weighted by molar-refractivity contribution is 9.10. The van der Waals surface area contributed by atoms with E-state index in [0.29, 0.717) is 15.8 Å². The van der Waals surface area contributed by atoms with Crippen LogP contribution in [0.4, 0.5) is 11.4 Å². The molecule has 0 aliphatic rings. The fourth-order valence-electron chi connectivity index (χ4n) is 2.29. The van der Waals surface area contributed by atoms with E-state index in [1.54, 1.807) is 18.2 Å². The molecule has 2 rings (SSSR count). The van der Waals surface area contributed by atoms with Crippen LogP contribution in [0.3, 0.4) is 0 Å². The summed E-state index contributed by atoms with van der Waals surface area (Å²) in [4.78, 5) is 21.9. The molecule has 156 valence electrons. The first-order valence-corrected chi connectivity index (χ1v) is 10.4. The standard InChI is InChI=1S/C17H18BrN3O7S/c1-19-14-5-4-12(8-15(14)21(23)24)29(25,26)20-9-17(22)28-10-11-3-6-16(27-2)13(18)7-11/h3-8,19-20H,9-10H2,1-2H3. The maximum atomic E-state index is 12.3. The van der Waals surface area contributed by atoms with E-state index in [1.807, 2.05) is 0 Å². The van der Waals surface area contributed by atoms with Crippen molar-refractivity contribution in [3.8, 4) is 5.75 Å². The number of benzene rings is 2. The summed E-state index contributed by atoms with van der Waals surface area (Å²) in [5.74, 6) is -0.187. The quantitative estimate of drug-likeness (QED) is 0.312. The highest BCUT2D eigenvalue weighted by Crippen LogP contribution is 2.27. The first kappa shape index (κ1) is 22.6. The van der Waals surface area contributed by atoms with Crippen LogP contribution in [-0.2, 0) is 26.2 Å². The normalized spacial score (nSPS) is 11.0. The molecule has 0 aliphatic heterocycles. The third kappa shape index (κ3) is 5.89. The highest BCUT2D eigenvalue weighted by Gasteiger charge is 2.22. The molecular formula is C17H18BrN3O7S. The molecule has 0 aromatic heterocycles. The van der Waals surface area contributed by atoms with Gasteiger partial charge < -0.3 is 14.8 Å². The molecule has 29 heavy (non-hydrogen) atoms. The second-order valence-corrected chi connectivity index (χ2v) is 8.26. The van der Waals surface area contributed by atoms with E-state index in [0.717, 1.165) is 6.07 Å². The van der Waals surface area contributed by atoms with Gasteiger partial charge in [-0.2, -0.15) is 4.72 Å². The van der Waals surface area contributed by atoms with Crippen molar-refractivity contribution < 1.29 is 27.6 Å². The Morgan fingerprint density at radius 3 is 2.55 bits per heavy atom. The van der Waals surface area contributed by atoms with Crippen LogP contribution in [0.2, 0.25) is 0 Å². The summed E-state index contributed by atoms with van der Waals surface area (Å²) in [5, 5.41) is 13.7. The molecule has 0 amide bonds. The van der Waals surface area contributed by atoms with Crippen LogP contribution < -0.4 is 14.8 Å². The Bertz CT molecular complexity index is 1030. The van der Waals surface area contributed by atoms with Gasteiger partial charge in [-0.05, 0) is 45.8 Å². The van der Waals surface area contributed by atoms with E-state index in [9.17, 15) is 23.3 Å². The van der Waals surface area contributed by atoms with Crippen molar-refractivity contribution in [2.75, 3.05) is 26.0 Å². The van der Waals surface area contributed by atoms with Gasteiger partial charge in [-0.3, -0.25) is 14.9 Å². The molecule has 2 N–H and O–H groups in total. The van der Waals surface area contributed by atoms with E-state index < -0.39 is 33.1 Å². The number of rotatable bonds is 9. The lowest BCUT2D eigenvalue weighted by Crippen LogP contribution is -2.30. The van der Waals surface area contributed by atoms with Gasteiger partial charge in [0.1, 0.15) is 24.6 Å². The molecule has 12 heteroatoms. The minimum Gasteiger partial charge on any atom is -0.496 e. The average Bonchev–Trinajstić information content (AvgIpc) is 2.70. The molecule has 0 bridgehead atoms. The number of anilines is 1. The van der Waals surface area contributed by atoms with Crippen molar-refractivity contribution >= 4 is 43.3 Å². The van der Waals surface area contributed by atoms with Crippen molar-refractivity contribution in [2.24, 2.45) is 0 Å². The zero-order valence-electron chi connectivity index (χ0n) is 15.5. The van der Waals surface area contributed by atoms with Crippen LogP contribution >= 0.6 is 15.9 Å². The largest absolute Gasteiger partial charge is 0.496 e. The lowest BCUT2D eigenvalue weighted by molar-refractivity contribution is -0.384. The van der Waals surface area contributed by atoms with Gasteiger partial charge in [-0.1, -0.05) is 6.07 Å². The Hall–Kier alpha value is -2.70. The predicted molar refractivity (Wildman–Crippen MR) is 108 cm³/mol. The van der Waals surface area contributed by atoms with Gasteiger partial charge in [0.15, 0.2) is 0 Å². The van der Waals surface area contributed by atoms with Crippen molar-refractivity contribution in [2.45, 2.75) is 11.5 Å². The number of esters is 1. The smallest absolute Gasteiger partial charge is 0.321 e. The first-order chi connectivity index (χ1) is 13.7. The Labute approximate surface area is 175 Å². The SMILES string of the molecule is CNc1ccc(S(=O)(=O)NCC(=O)OCc2ccc(OC)c(Br)c2)cc1[N+](=O)[O-]. The van der Waals surface area contributed by atoms with Crippen molar-refractivity contribution in [3.63, 3.8) is 0 Å². The molecule has 0 atom stereocenters. The zero-order valence-corrected chi connectivity index (χ0v) is 17.9. The molecule has 0 fully saturated rings. The van der Waals surface area contributed by atoms with Crippen molar-refractivity contribution in [1.29, 1.82) is 0 Å². The second kappa shape index (κ2) is 9.67. The maximum Gasteiger partial charge on any atom is 0.321 e. The van der Waals surface area contributed by atoms with E-state index in [1.165, 1.54) is 26.3 Å². The Balaban J connectivity index is 1.99. The summed E-state index contributed by atoms with van der Waals surface area (Å²) in [6.45, 7) is -0.688. The number of nitro benzene ring substituents is 1. The summed E-state index contributed by atoms with van der Waals surface area (Å²) in [5.41, 5.74) is 0.439. The number of sulfonamides is 1. The van der Waals surface area contributed by atoms with Crippen LogP contribution in [0, 0.1) is 10.1 Å². The molecule has 0 radical (unpaired) electrons. The van der Waals surface area contributed by atoms with Crippen molar-refractivity contribution in [1.82, 2.24) is 4.72 Å². The fraction of sp³-hybridized carbons (Fsp3) is 0.235. The summed E-state index contributed by atoms with van der Waals surface area (Å²) in [7, 11) is -1.14.